The molecule has 0 spiro atoms. The van der Waals surface area contributed by atoms with E-state index >= 15 is 0 Å². The normalized spacial score (nSPS) is 38.1. The highest BCUT2D eigenvalue weighted by Crippen LogP contribution is 2.44. The van der Waals surface area contributed by atoms with E-state index in [1.165, 1.54) is 0 Å². The lowest BCUT2D eigenvalue weighted by molar-refractivity contribution is -0.179. The predicted molar refractivity (Wildman–Crippen MR) is 66.3 cm³/mol. The van der Waals surface area contributed by atoms with Crippen molar-refractivity contribution in [2.75, 3.05) is 13.2 Å². The summed E-state index contributed by atoms with van der Waals surface area (Å²) in [7, 11) is 0. The first-order valence-corrected chi connectivity index (χ1v) is 6.99. The SMILES string of the molecule is O=C(COC(=O)C1CC2C=CC1C2O)OC1CCCO1. The van der Waals surface area contributed by atoms with Gasteiger partial charge in [0.1, 0.15) is 0 Å². The van der Waals surface area contributed by atoms with Gasteiger partial charge in [-0.1, -0.05) is 12.2 Å². The van der Waals surface area contributed by atoms with E-state index in [1.54, 1.807) is 0 Å². The molecule has 0 aromatic rings. The fourth-order valence-corrected chi connectivity index (χ4v) is 3.14. The quantitative estimate of drug-likeness (QED) is 0.593. The van der Waals surface area contributed by atoms with Gasteiger partial charge in [0.2, 0.25) is 6.29 Å². The Morgan fingerprint density at radius 2 is 2.20 bits per heavy atom. The Kier molecular flexibility index (Phi) is 3.76. The van der Waals surface area contributed by atoms with Crippen LogP contribution < -0.4 is 0 Å². The maximum atomic E-state index is 11.9. The van der Waals surface area contributed by atoms with Crippen LogP contribution in [-0.4, -0.2) is 42.7 Å². The number of hydrogen-bond acceptors (Lipinski definition) is 6. The lowest BCUT2D eigenvalue weighted by atomic mass is 9.94. The van der Waals surface area contributed by atoms with Crippen LogP contribution in [0.1, 0.15) is 19.3 Å². The number of ether oxygens (including phenoxy) is 3. The van der Waals surface area contributed by atoms with Gasteiger partial charge in [-0.05, 0) is 12.8 Å². The third-order valence-corrected chi connectivity index (χ3v) is 4.19. The lowest BCUT2D eigenvalue weighted by Gasteiger charge is -2.17. The Morgan fingerprint density at radius 1 is 1.35 bits per heavy atom. The fourth-order valence-electron chi connectivity index (χ4n) is 3.14. The summed E-state index contributed by atoms with van der Waals surface area (Å²) in [6.45, 7) is 0.194. The maximum Gasteiger partial charge on any atom is 0.346 e. The van der Waals surface area contributed by atoms with Crippen LogP contribution in [0.25, 0.3) is 0 Å². The molecule has 110 valence electrons. The second-order valence-corrected chi connectivity index (χ2v) is 5.50. The van der Waals surface area contributed by atoms with Crippen molar-refractivity contribution < 1.29 is 28.9 Å². The summed E-state index contributed by atoms with van der Waals surface area (Å²) in [5.41, 5.74) is 0. The van der Waals surface area contributed by atoms with Crippen LogP contribution in [0.5, 0.6) is 0 Å². The summed E-state index contributed by atoms with van der Waals surface area (Å²) in [6.07, 6.45) is 4.93. The second kappa shape index (κ2) is 5.54. The zero-order valence-electron chi connectivity index (χ0n) is 11.1. The Balaban J connectivity index is 1.43. The van der Waals surface area contributed by atoms with E-state index in [1.807, 2.05) is 12.2 Å². The zero-order valence-corrected chi connectivity index (χ0v) is 11.1. The van der Waals surface area contributed by atoms with Crippen LogP contribution in [0, 0.1) is 17.8 Å². The monoisotopic (exact) mass is 282 g/mol. The second-order valence-electron chi connectivity index (χ2n) is 5.50. The molecule has 2 aliphatic carbocycles. The van der Waals surface area contributed by atoms with Gasteiger partial charge in [-0.25, -0.2) is 4.79 Å². The molecule has 6 nitrogen and oxygen atoms in total. The van der Waals surface area contributed by atoms with Crippen molar-refractivity contribution in [1.82, 2.24) is 0 Å². The number of aliphatic hydroxyl groups excluding tert-OH is 1. The molecule has 1 saturated carbocycles. The third kappa shape index (κ3) is 2.58. The Bertz CT molecular complexity index is 425. The minimum atomic E-state index is -0.593. The maximum absolute atomic E-state index is 11.9. The van der Waals surface area contributed by atoms with Crippen LogP contribution in [0.3, 0.4) is 0 Å². The number of esters is 2. The van der Waals surface area contributed by atoms with Gasteiger partial charge >= 0.3 is 11.9 Å². The first-order chi connectivity index (χ1) is 9.65. The molecule has 0 amide bonds. The van der Waals surface area contributed by atoms with Gasteiger partial charge in [0.15, 0.2) is 6.61 Å². The number of hydrogen-bond donors (Lipinski definition) is 1. The number of fused-ring (bicyclic) bond motifs is 2. The highest BCUT2D eigenvalue weighted by molar-refractivity contribution is 5.78. The molecule has 0 aromatic heterocycles. The standard InChI is InChI=1S/C14H18O6/c15-11(20-12-2-1-5-18-12)7-19-14(17)10-6-8-3-4-9(10)13(8)16/h3-4,8-10,12-13,16H,1-2,5-7H2. The average Bonchev–Trinajstić information content (AvgIpc) is 3.14. The van der Waals surface area contributed by atoms with Gasteiger partial charge in [0, 0.05) is 18.3 Å². The largest absolute Gasteiger partial charge is 0.453 e. The van der Waals surface area contributed by atoms with Gasteiger partial charge in [0.25, 0.3) is 0 Å². The molecule has 0 aromatic carbocycles. The molecule has 1 N–H and O–H groups in total. The summed E-state index contributed by atoms with van der Waals surface area (Å²) >= 11 is 0. The molecule has 3 rings (SSSR count). The summed E-state index contributed by atoms with van der Waals surface area (Å²) in [4.78, 5) is 23.4. The highest BCUT2D eigenvalue weighted by atomic mass is 16.7. The van der Waals surface area contributed by atoms with E-state index in [0.29, 0.717) is 19.4 Å². The van der Waals surface area contributed by atoms with Crippen molar-refractivity contribution in [3.63, 3.8) is 0 Å². The van der Waals surface area contributed by atoms with Crippen LogP contribution in [-0.2, 0) is 23.8 Å². The smallest absolute Gasteiger partial charge is 0.346 e. The van der Waals surface area contributed by atoms with Crippen molar-refractivity contribution >= 4 is 11.9 Å². The highest BCUT2D eigenvalue weighted by Gasteiger charge is 2.47. The third-order valence-electron chi connectivity index (χ3n) is 4.19. The molecule has 5 unspecified atom stereocenters. The van der Waals surface area contributed by atoms with E-state index in [-0.39, 0.29) is 17.8 Å². The van der Waals surface area contributed by atoms with E-state index in [4.69, 9.17) is 14.2 Å². The number of aliphatic hydroxyl groups is 1. The van der Waals surface area contributed by atoms with Crippen LogP contribution in [0.4, 0.5) is 0 Å². The Morgan fingerprint density at radius 3 is 2.80 bits per heavy atom. The van der Waals surface area contributed by atoms with E-state index in [9.17, 15) is 14.7 Å². The first-order valence-electron chi connectivity index (χ1n) is 6.99. The van der Waals surface area contributed by atoms with Crippen molar-refractivity contribution in [3.05, 3.63) is 12.2 Å². The number of carbonyl (C=O) groups excluding carboxylic acids is 2. The number of carbonyl (C=O) groups is 2. The van der Waals surface area contributed by atoms with Crippen molar-refractivity contribution in [2.24, 2.45) is 17.8 Å². The first kappa shape index (κ1) is 13.6. The number of rotatable bonds is 4. The van der Waals surface area contributed by atoms with E-state index in [2.05, 4.69) is 0 Å². The minimum absolute atomic E-state index is 0.0383. The fraction of sp³-hybridized carbons (Fsp3) is 0.714. The van der Waals surface area contributed by atoms with Crippen LogP contribution in [0.15, 0.2) is 12.2 Å². The molecular weight excluding hydrogens is 264 g/mol. The summed E-state index contributed by atoms with van der Waals surface area (Å²) in [5, 5.41) is 9.84. The molecule has 5 atom stereocenters. The summed E-state index contributed by atoms with van der Waals surface area (Å²) in [6, 6.07) is 0. The van der Waals surface area contributed by atoms with Crippen molar-refractivity contribution in [3.8, 4) is 0 Å². The predicted octanol–water partition coefficient (Wildman–Crippen LogP) is 0.392. The van der Waals surface area contributed by atoms with E-state index in [0.717, 1.165) is 6.42 Å². The molecular formula is C14H18O6. The van der Waals surface area contributed by atoms with Gasteiger partial charge in [-0.3, -0.25) is 4.79 Å². The topological polar surface area (TPSA) is 82.1 Å². The zero-order chi connectivity index (χ0) is 14.1. The van der Waals surface area contributed by atoms with Crippen molar-refractivity contribution in [1.29, 1.82) is 0 Å². The van der Waals surface area contributed by atoms with Crippen LogP contribution >= 0.6 is 0 Å². The van der Waals surface area contributed by atoms with E-state index < -0.39 is 30.9 Å². The molecule has 1 saturated heterocycles. The van der Waals surface area contributed by atoms with Gasteiger partial charge in [-0.15, -0.1) is 0 Å². The van der Waals surface area contributed by atoms with Gasteiger partial charge < -0.3 is 19.3 Å². The molecule has 2 fully saturated rings. The summed E-state index contributed by atoms with van der Waals surface area (Å²) < 4.78 is 15.1. The van der Waals surface area contributed by atoms with Crippen molar-refractivity contribution in [2.45, 2.75) is 31.7 Å². The molecule has 2 bridgehead atoms. The molecule has 6 heteroatoms. The van der Waals surface area contributed by atoms with Gasteiger partial charge in [0.05, 0.1) is 18.6 Å². The average molecular weight is 282 g/mol. The van der Waals surface area contributed by atoms with Gasteiger partial charge in [-0.2, -0.15) is 0 Å². The van der Waals surface area contributed by atoms with Crippen LogP contribution in [0.2, 0.25) is 0 Å². The lowest BCUT2D eigenvalue weighted by Crippen LogP contribution is -2.28. The summed E-state index contributed by atoms with van der Waals surface area (Å²) in [5.74, 6) is -1.52. The molecule has 1 aliphatic heterocycles. The Labute approximate surface area is 116 Å². The molecule has 0 radical (unpaired) electrons. The minimum Gasteiger partial charge on any atom is -0.453 e. The molecule has 1 heterocycles. The molecule has 20 heavy (non-hydrogen) atoms. The molecule has 3 aliphatic rings. The Hall–Kier alpha value is -1.40.